The van der Waals surface area contributed by atoms with Crippen LogP contribution in [0.15, 0.2) is 29.6 Å². The molecule has 1 aromatic carbocycles. The Hall–Kier alpha value is -2.05. The lowest BCUT2D eigenvalue weighted by Crippen LogP contribution is -2.48. The van der Waals surface area contributed by atoms with E-state index in [1.165, 1.54) is 4.88 Å². The fourth-order valence-corrected chi connectivity index (χ4v) is 5.38. The van der Waals surface area contributed by atoms with Gasteiger partial charge in [-0.3, -0.25) is 9.59 Å². The van der Waals surface area contributed by atoms with Crippen LogP contribution in [-0.2, 0) is 16.0 Å². The van der Waals surface area contributed by atoms with E-state index in [9.17, 15) is 9.59 Å². The van der Waals surface area contributed by atoms with Crippen molar-refractivity contribution in [2.24, 2.45) is 11.8 Å². The summed E-state index contributed by atoms with van der Waals surface area (Å²) in [4.78, 5) is 31.5. The van der Waals surface area contributed by atoms with Gasteiger partial charge in [0.1, 0.15) is 12.4 Å². The van der Waals surface area contributed by atoms with Gasteiger partial charge >= 0.3 is 0 Å². The standard InChI is InChI=1S/C26H33ClN2O3S/c1-4-17(2)14-28(26(31)19-5-6-19)15-25(30)29-11-9-24-21(10-12-33-24)23(29)16-32-20-7-8-22(27)18(3)13-20/h7-8,10,12-13,17,19,23H,4-6,9,11,14-16H2,1-3H3/t17-,23+/m0/s1. The summed E-state index contributed by atoms with van der Waals surface area (Å²) < 4.78 is 6.14. The Labute approximate surface area is 205 Å². The molecule has 2 heterocycles. The monoisotopic (exact) mass is 488 g/mol. The number of carbonyl (C=O) groups is 2. The molecule has 2 aromatic rings. The summed E-state index contributed by atoms with van der Waals surface area (Å²) >= 11 is 7.89. The molecular formula is C26H33ClN2O3S. The summed E-state index contributed by atoms with van der Waals surface area (Å²) in [5.41, 5.74) is 2.12. The number of hydrogen-bond donors (Lipinski definition) is 0. The minimum absolute atomic E-state index is 0.00467. The van der Waals surface area contributed by atoms with Crippen molar-refractivity contribution < 1.29 is 14.3 Å². The first-order chi connectivity index (χ1) is 15.9. The topological polar surface area (TPSA) is 49.9 Å². The van der Waals surface area contributed by atoms with Gasteiger partial charge < -0.3 is 14.5 Å². The lowest BCUT2D eigenvalue weighted by atomic mass is 10.00. The minimum atomic E-state index is -0.162. The number of nitrogens with zero attached hydrogens (tertiary/aromatic N) is 2. The van der Waals surface area contributed by atoms with Gasteiger partial charge in [-0.15, -0.1) is 11.3 Å². The molecule has 1 aliphatic carbocycles. The highest BCUT2D eigenvalue weighted by atomic mass is 35.5. The van der Waals surface area contributed by atoms with Gasteiger partial charge in [0.05, 0.1) is 12.6 Å². The third kappa shape index (κ3) is 5.72. The van der Waals surface area contributed by atoms with E-state index in [1.807, 2.05) is 30.0 Å². The van der Waals surface area contributed by atoms with E-state index >= 15 is 0 Å². The van der Waals surface area contributed by atoms with Gasteiger partial charge in [-0.05, 0) is 72.9 Å². The molecule has 0 saturated heterocycles. The Kier molecular flexibility index (Phi) is 7.65. The first-order valence-corrected chi connectivity index (χ1v) is 13.2. The molecule has 2 aliphatic rings. The molecule has 178 valence electrons. The number of ether oxygens (including phenoxy) is 1. The molecule has 2 amide bonds. The maximum atomic E-state index is 13.5. The van der Waals surface area contributed by atoms with Gasteiger partial charge in [-0.25, -0.2) is 0 Å². The van der Waals surface area contributed by atoms with Crippen LogP contribution in [0.3, 0.4) is 0 Å². The average Bonchev–Trinajstić information content (AvgIpc) is 3.55. The Balaban J connectivity index is 1.50. The fourth-order valence-electron chi connectivity index (χ4n) is 4.34. The second-order valence-corrected chi connectivity index (χ2v) is 10.8. The largest absolute Gasteiger partial charge is 0.491 e. The molecule has 2 atom stereocenters. The summed E-state index contributed by atoms with van der Waals surface area (Å²) in [6.45, 7) is 8.02. The smallest absolute Gasteiger partial charge is 0.242 e. The molecule has 0 spiro atoms. The Bertz CT molecular complexity index is 1000. The number of rotatable bonds is 9. The van der Waals surface area contributed by atoms with Crippen LogP contribution in [0.25, 0.3) is 0 Å². The number of thiophene rings is 1. The molecule has 33 heavy (non-hydrogen) atoms. The summed E-state index contributed by atoms with van der Waals surface area (Å²) in [7, 11) is 0. The van der Waals surface area contributed by atoms with Crippen LogP contribution in [0, 0.1) is 18.8 Å². The van der Waals surface area contributed by atoms with E-state index in [2.05, 4.69) is 25.3 Å². The molecule has 0 unspecified atom stereocenters. The zero-order valence-electron chi connectivity index (χ0n) is 19.7. The van der Waals surface area contributed by atoms with Gasteiger partial charge in [0.25, 0.3) is 0 Å². The second kappa shape index (κ2) is 10.5. The highest BCUT2D eigenvalue weighted by molar-refractivity contribution is 7.10. The van der Waals surface area contributed by atoms with Crippen molar-refractivity contribution >= 4 is 34.8 Å². The van der Waals surface area contributed by atoms with Gasteiger partial charge in [0, 0.05) is 28.9 Å². The molecule has 1 aromatic heterocycles. The van der Waals surface area contributed by atoms with Crippen molar-refractivity contribution in [2.75, 3.05) is 26.2 Å². The molecule has 1 aliphatic heterocycles. The second-order valence-electron chi connectivity index (χ2n) is 9.38. The highest BCUT2D eigenvalue weighted by Gasteiger charge is 2.37. The maximum Gasteiger partial charge on any atom is 0.242 e. The number of hydrogen-bond acceptors (Lipinski definition) is 4. The lowest BCUT2D eigenvalue weighted by Gasteiger charge is -2.37. The Morgan fingerprint density at radius 3 is 2.79 bits per heavy atom. The molecule has 5 nitrogen and oxygen atoms in total. The summed E-state index contributed by atoms with van der Waals surface area (Å²) in [6, 6.07) is 7.56. The van der Waals surface area contributed by atoms with Crippen molar-refractivity contribution in [3.8, 4) is 5.75 Å². The third-order valence-electron chi connectivity index (χ3n) is 6.75. The van der Waals surface area contributed by atoms with E-state index in [0.717, 1.165) is 42.6 Å². The first kappa shape index (κ1) is 24.1. The summed E-state index contributed by atoms with van der Waals surface area (Å²) in [6.07, 6.45) is 3.73. The lowest BCUT2D eigenvalue weighted by molar-refractivity contribution is -0.143. The van der Waals surface area contributed by atoms with Crippen LogP contribution in [0.4, 0.5) is 0 Å². The van der Waals surface area contributed by atoms with E-state index in [1.54, 1.807) is 16.2 Å². The van der Waals surface area contributed by atoms with Gasteiger partial charge in [-0.2, -0.15) is 0 Å². The van der Waals surface area contributed by atoms with Crippen molar-refractivity contribution in [1.29, 1.82) is 0 Å². The minimum Gasteiger partial charge on any atom is -0.491 e. The number of fused-ring (bicyclic) bond motifs is 1. The van der Waals surface area contributed by atoms with E-state index < -0.39 is 0 Å². The number of carbonyl (C=O) groups excluding carboxylic acids is 2. The zero-order valence-corrected chi connectivity index (χ0v) is 21.3. The molecule has 0 radical (unpaired) electrons. The average molecular weight is 489 g/mol. The van der Waals surface area contributed by atoms with Crippen molar-refractivity contribution in [3.05, 3.63) is 50.7 Å². The molecule has 7 heteroatoms. The fraction of sp³-hybridized carbons (Fsp3) is 0.538. The van der Waals surface area contributed by atoms with Crippen LogP contribution in [0.5, 0.6) is 5.75 Å². The number of amides is 2. The highest BCUT2D eigenvalue weighted by Crippen LogP contribution is 2.35. The molecular weight excluding hydrogens is 456 g/mol. The molecule has 0 N–H and O–H groups in total. The zero-order chi connectivity index (χ0) is 23.5. The van der Waals surface area contributed by atoms with E-state index in [-0.39, 0.29) is 30.3 Å². The van der Waals surface area contributed by atoms with Crippen molar-refractivity contribution in [2.45, 2.75) is 52.5 Å². The molecule has 1 saturated carbocycles. The predicted octanol–water partition coefficient (Wildman–Crippen LogP) is 5.50. The van der Waals surface area contributed by atoms with E-state index in [4.69, 9.17) is 16.3 Å². The van der Waals surface area contributed by atoms with Crippen LogP contribution in [-0.4, -0.2) is 47.9 Å². The summed E-state index contributed by atoms with van der Waals surface area (Å²) in [5, 5.41) is 2.79. The quantitative estimate of drug-likeness (QED) is 0.468. The molecule has 1 fully saturated rings. The molecule has 0 bridgehead atoms. The Morgan fingerprint density at radius 1 is 1.30 bits per heavy atom. The summed E-state index contributed by atoms with van der Waals surface area (Å²) in [5.74, 6) is 1.37. The first-order valence-electron chi connectivity index (χ1n) is 11.9. The van der Waals surface area contributed by atoms with Gasteiger partial charge in [0.2, 0.25) is 11.8 Å². The third-order valence-corrected chi connectivity index (χ3v) is 8.17. The number of benzene rings is 1. The number of aryl methyl sites for hydroxylation is 1. The SMILES string of the molecule is CC[C@H](C)CN(CC(=O)N1CCc2sccc2[C@H]1COc1ccc(Cl)c(C)c1)C(=O)C1CC1. The Morgan fingerprint density at radius 2 is 2.09 bits per heavy atom. The van der Waals surface area contributed by atoms with Gasteiger partial charge in [0.15, 0.2) is 0 Å². The van der Waals surface area contributed by atoms with Crippen molar-refractivity contribution in [1.82, 2.24) is 9.80 Å². The van der Waals surface area contributed by atoms with Crippen LogP contribution in [0.2, 0.25) is 5.02 Å². The van der Waals surface area contributed by atoms with Crippen LogP contribution in [0.1, 0.15) is 55.2 Å². The normalized spacial score (nSPS) is 18.5. The van der Waals surface area contributed by atoms with Crippen LogP contribution < -0.4 is 4.74 Å². The maximum absolute atomic E-state index is 13.5. The van der Waals surface area contributed by atoms with E-state index in [0.29, 0.717) is 30.6 Å². The number of halogens is 1. The predicted molar refractivity (Wildman–Crippen MR) is 133 cm³/mol. The molecule has 4 rings (SSSR count). The van der Waals surface area contributed by atoms with Crippen LogP contribution >= 0.6 is 22.9 Å². The van der Waals surface area contributed by atoms with Gasteiger partial charge in [-0.1, -0.05) is 31.9 Å². The van der Waals surface area contributed by atoms with Crippen molar-refractivity contribution in [3.63, 3.8) is 0 Å².